The number of carbonyl (C=O) groups excluding carboxylic acids is 2. The molecule has 1 aromatic heterocycles. The molecule has 2 aliphatic heterocycles. The fourth-order valence-electron chi connectivity index (χ4n) is 3.72. The largest absolute Gasteiger partial charge is 0.353 e. The normalized spacial score (nSPS) is 18.9. The molecule has 0 aliphatic carbocycles. The first-order chi connectivity index (χ1) is 13.0. The van der Waals surface area contributed by atoms with Crippen LogP contribution >= 0.6 is 0 Å². The third-order valence-corrected chi connectivity index (χ3v) is 5.21. The zero-order valence-electron chi connectivity index (χ0n) is 14.8. The van der Waals surface area contributed by atoms with E-state index < -0.39 is 0 Å². The molecule has 2 aliphatic rings. The van der Waals surface area contributed by atoms with E-state index in [1.165, 1.54) is 16.7 Å². The minimum atomic E-state index is -0.361. The summed E-state index contributed by atoms with van der Waals surface area (Å²) in [5, 5.41) is 2.82. The summed E-state index contributed by atoms with van der Waals surface area (Å²) < 4.78 is 14.6. The number of aromatic nitrogens is 1. The van der Waals surface area contributed by atoms with Crippen LogP contribution in [0.1, 0.15) is 30.4 Å². The van der Waals surface area contributed by atoms with Crippen molar-refractivity contribution in [2.24, 2.45) is 0 Å². The summed E-state index contributed by atoms with van der Waals surface area (Å²) in [7, 11) is 0. The van der Waals surface area contributed by atoms with Crippen molar-refractivity contribution >= 4 is 11.8 Å². The maximum Gasteiger partial charge on any atom is 0.255 e. The van der Waals surface area contributed by atoms with Crippen LogP contribution in [0.25, 0.3) is 5.69 Å². The number of amides is 2. The van der Waals surface area contributed by atoms with Gasteiger partial charge in [-0.3, -0.25) is 19.0 Å². The van der Waals surface area contributed by atoms with Gasteiger partial charge < -0.3 is 10.2 Å². The van der Waals surface area contributed by atoms with Crippen LogP contribution in [-0.2, 0) is 22.6 Å². The van der Waals surface area contributed by atoms with Crippen molar-refractivity contribution in [2.75, 3.05) is 6.54 Å². The van der Waals surface area contributed by atoms with Crippen LogP contribution in [0.5, 0.6) is 0 Å². The molecule has 2 aromatic rings. The highest BCUT2D eigenvalue weighted by molar-refractivity contribution is 5.82. The molecule has 4 rings (SSSR count). The lowest BCUT2D eigenvalue weighted by Gasteiger charge is -2.30. The van der Waals surface area contributed by atoms with Crippen LogP contribution in [0.15, 0.2) is 41.3 Å². The van der Waals surface area contributed by atoms with Crippen molar-refractivity contribution in [3.63, 3.8) is 0 Å². The summed E-state index contributed by atoms with van der Waals surface area (Å²) in [4.78, 5) is 38.1. The number of benzene rings is 1. The predicted molar refractivity (Wildman–Crippen MR) is 96.9 cm³/mol. The molecule has 1 N–H and O–H groups in total. The van der Waals surface area contributed by atoms with Crippen molar-refractivity contribution < 1.29 is 14.0 Å². The van der Waals surface area contributed by atoms with E-state index in [1.54, 1.807) is 29.3 Å². The summed E-state index contributed by atoms with van der Waals surface area (Å²) in [5.41, 5.74) is 2.26. The van der Waals surface area contributed by atoms with Crippen LogP contribution in [-0.4, -0.2) is 33.9 Å². The Bertz CT molecular complexity index is 952. The first-order valence-electron chi connectivity index (χ1n) is 9.07. The van der Waals surface area contributed by atoms with Crippen molar-refractivity contribution in [3.8, 4) is 5.69 Å². The summed E-state index contributed by atoms with van der Waals surface area (Å²) in [6.07, 6.45) is 3.84. The number of pyridine rings is 1. The molecule has 0 unspecified atom stereocenters. The molecule has 27 heavy (non-hydrogen) atoms. The van der Waals surface area contributed by atoms with Crippen LogP contribution in [0.4, 0.5) is 4.39 Å². The minimum absolute atomic E-state index is 0.0000969. The number of hydrogen-bond acceptors (Lipinski definition) is 3. The summed E-state index contributed by atoms with van der Waals surface area (Å²) in [5.74, 6) is -0.354. The molecule has 0 saturated carbocycles. The lowest BCUT2D eigenvalue weighted by atomic mass is 10.0. The molecular weight excluding hydrogens is 349 g/mol. The van der Waals surface area contributed by atoms with Crippen LogP contribution in [0.2, 0.25) is 0 Å². The van der Waals surface area contributed by atoms with E-state index in [-0.39, 0.29) is 29.2 Å². The van der Waals surface area contributed by atoms with Crippen molar-refractivity contribution in [1.82, 2.24) is 14.8 Å². The molecule has 1 aromatic carbocycles. The first kappa shape index (κ1) is 17.5. The van der Waals surface area contributed by atoms with Gasteiger partial charge >= 0.3 is 0 Å². The van der Waals surface area contributed by atoms with E-state index in [1.807, 2.05) is 0 Å². The molecule has 7 heteroatoms. The Balaban J connectivity index is 1.54. The first-order valence-corrected chi connectivity index (χ1v) is 9.07. The number of halogens is 1. The number of nitrogens with one attached hydrogen (secondary N) is 1. The quantitative estimate of drug-likeness (QED) is 0.892. The summed E-state index contributed by atoms with van der Waals surface area (Å²) in [6.45, 7) is 0.989. The summed E-state index contributed by atoms with van der Waals surface area (Å²) >= 11 is 0. The number of carbonyl (C=O) groups is 2. The van der Waals surface area contributed by atoms with Gasteiger partial charge in [-0.25, -0.2) is 4.39 Å². The highest BCUT2D eigenvalue weighted by atomic mass is 19.1. The topological polar surface area (TPSA) is 71.4 Å². The highest BCUT2D eigenvalue weighted by Gasteiger charge is 2.27. The van der Waals surface area contributed by atoms with E-state index >= 15 is 0 Å². The smallest absolute Gasteiger partial charge is 0.255 e. The Morgan fingerprint density at radius 1 is 1.15 bits per heavy atom. The Kier molecular flexibility index (Phi) is 4.51. The maximum absolute atomic E-state index is 13.1. The Hall–Kier alpha value is -2.96. The van der Waals surface area contributed by atoms with Gasteiger partial charge in [-0.05, 0) is 48.2 Å². The van der Waals surface area contributed by atoms with E-state index in [0.29, 0.717) is 44.5 Å². The average Bonchev–Trinajstić information content (AvgIpc) is 3.06. The van der Waals surface area contributed by atoms with Gasteiger partial charge in [-0.1, -0.05) is 0 Å². The minimum Gasteiger partial charge on any atom is -0.353 e. The van der Waals surface area contributed by atoms with E-state index in [0.717, 1.165) is 11.1 Å². The van der Waals surface area contributed by atoms with E-state index in [9.17, 15) is 18.8 Å². The average molecular weight is 369 g/mol. The number of nitrogens with zero attached hydrogens (tertiary/aromatic N) is 2. The molecule has 3 heterocycles. The molecule has 1 atom stereocenters. The van der Waals surface area contributed by atoms with E-state index in [2.05, 4.69) is 5.32 Å². The molecule has 1 fully saturated rings. The van der Waals surface area contributed by atoms with Crippen LogP contribution in [0.3, 0.4) is 0 Å². The Morgan fingerprint density at radius 2 is 1.93 bits per heavy atom. The SMILES string of the molecule is O=C1CC[C@H](CC(=O)N2CCc3cc(=O)n(-c4ccc(F)cc4)cc3C2)N1. The van der Waals surface area contributed by atoms with Crippen molar-refractivity contribution in [3.05, 3.63) is 63.8 Å². The second-order valence-corrected chi connectivity index (χ2v) is 7.08. The molecule has 140 valence electrons. The van der Waals surface area contributed by atoms with Gasteiger partial charge in [0.2, 0.25) is 11.8 Å². The zero-order valence-corrected chi connectivity index (χ0v) is 14.8. The second kappa shape index (κ2) is 6.98. The van der Waals surface area contributed by atoms with Crippen molar-refractivity contribution in [1.29, 1.82) is 0 Å². The lowest BCUT2D eigenvalue weighted by Crippen LogP contribution is -2.40. The molecule has 0 radical (unpaired) electrons. The fourth-order valence-corrected chi connectivity index (χ4v) is 3.72. The summed E-state index contributed by atoms with van der Waals surface area (Å²) in [6, 6.07) is 7.24. The van der Waals surface area contributed by atoms with Gasteiger partial charge in [0.1, 0.15) is 5.82 Å². The molecular formula is C20H20FN3O3. The molecule has 0 bridgehead atoms. The molecule has 1 saturated heterocycles. The third kappa shape index (κ3) is 3.63. The molecule has 2 amide bonds. The monoisotopic (exact) mass is 369 g/mol. The molecule has 6 nitrogen and oxygen atoms in total. The van der Waals surface area contributed by atoms with Gasteiger partial charge in [-0.2, -0.15) is 0 Å². The van der Waals surface area contributed by atoms with Crippen molar-refractivity contribution in [2.45, 2.75) is 38.3 Å². The van der Waals surface area contributed by atoms with Crippen LogP contribution < -0.4 is 10.9 Å². The standard InChI is InChI=1S/C20H20FN3O3/c21-15-1-4-17(5-2-15)24-12-14-11-23(8-7-13(14)9-20(24)27)19(26)10-16-3-6-18(25)22-16/h1-2,4-5,9,12,16H,3,6-8,10-11H2,(H,22,25)/t16-/m1/s1. The van der Waals surface area contributed by atoms with Gasteiger partial charge in [-0.15, -0.1) is 0 Å². The van der Waals surface area contributed by atoms with Crippen LogP contribution in [0, 0.1) is 5.82 Å². The third-order valence-electron chi connectivity index (χ3n) is 5.21. The maximum atomic E-state index is 13.1. The van der Waals surface area contributed by atoms with Gasteiger partial charge in [0.25, 0.3) is 5.56 Å². The number of hydrogen-bond donors (Lipinski definition) is 1. The predicted octanol–water partition coefficient (Wildman–Crippen LogP) is 1.53. The fraction of sp³-hybridized carbons (Fsp3) is 0.350. The zero-order chi connectivity index (χ0) is 19.0. The van der Waals surface area contributed by atoms with Gasteiger partial charge in [0, 0.05) is 49.9 Å². The van der Waals surface area contributed by atoms with Gasteiger partial charge in [0.05, 0.1) is 0 Å². The Labute approximate surface area is 155 Å². The molecule has 0 spiro atoms. The van der Waals surface area contributed by atoms with E-state index in [4.69, 9.17) is 0 Å². The lowest BCUT2D eigenvalue weighted by molar-refractivity contribution is -0.132. The highest BCUT2D eigenvalue weighted by Crippen LogP contribution is 2.21. The Morgan fingerprint density at radius 3 is 2.63 bits per heavy atom. The van der Waals surface area contributed by atoms with Gasteiger partial charge in [0.15, 0.2) is 0 Å². The number of rotatable bonds is 3. The number of fused-ring (bicyclic) bond motifs is 1. The second-order valence-electron chi connectivity index (χ2n) is 7.08.